The topological polar surface area (TPSA) is 45.4 Å². The van der Waals surface area contributed by atoms with Gasteiger partial charge in [0.05, 0.1) is 5.52 Å². The number of aromatic nitrogens is 1. The zero-order valence-electron chi connectivity index (χ0n) is 11.3. The first-order valence-corrected chi connectivity index (χ1v) is 6.82. The van der Waals surface area contributed by atoms with Gasteiger partial charge in [-0.1, -0.05) is 0 Å². The fourth-order valence-corrected chi connectivity index (χ4v) is 2.71. The molecule has 1 aliphatic heterocycles. The average molecular weight is 256 g/mol. The van der Waals surface area contributed by atoms with Crippen LogP contribution in [-0.4, -0.2) is 43.1 Å². The van der Waals surface area contributed by atoms with Crippen LogP contribution in [0.1, 0.15) is 6.42 Å². The van der Waals surface area contributed by atoms with Crippen LogP contribution in [-0.2, 0) is 0 Å². The van der Waals surface area contributed by atoms with Crippen LogP contribution in [0.3, 0.4) is 0 Å². The minimum Gasteiger partial charge on any atom is -0.399 e. The third kappa shape index (κ3) is 2.49. The van der Waals surface area contributed by atoms with E-state index in [0.717, 1.165) is 30.8 Å². The van der Waals surface area contributed by atoms with E-state index in [-0.39, 0.29) is 0 Å². The van der Waals surface area contributed by atoms with Gasteiger partial charge in [-0.05, 0) is 44.3 Å². The van der Waals surface area contributed by atoms with E-state index in [4.69, 9.17) is 5.73 Å². The quantitative estimate of drug-likeness (QED) is 0.792. The first-order valence-electron chi connectivity index (χ1n) is 6.82. The highest BCUT2D eigenvalue weighted by Crippen LogP contribution is 2.27. The highest BCUT2D eigenvalue weighted by atomic mass is 15.2. The third-order valence-electron chi connectivity index (χ3n) is 3.80. The second-order valence-electron chi connectivity index (χ2n) is 5.25. The van der Waals surface area contributed by atoms with Crippen molar-refractivity contribution in [1.29, 1.82) is 0 Å². The van der Waals surface area contributed by atoms with Gasteiger partial charge in [0.1, 0.15) is 0 Å². The molecule has 4 heteroatoms. The average Bonchev–Trinajstić information content (AvgIpc) is 2.62. The molecule has 0 radical (unpaired) electrons. The molecule has 2 aromatic rings. The van der Waals surface area contributed by atoms with Gasteiger partial charge >= 0.3 is 0 Å². The van der Waals surface area contributed by atoms with E-state index in [1.165, 1.54) is 24.0 Å². The van der Waals surface area contributed by atoms with Crippen LogP contribution >= 0.6 is 0 Å². The second-order valence-corrected chi connectivity index (χ2v) is 5.25. The zero-order chi connectivity index (χ0) is 13.2. The largest absolute Gasteiger partial charge is 0.399 e. The van der Waals surface area contributed by atoms with E-state index in [1.807, 2.05) is 18.3 Å². The maximum Gasteiger partial charge on any atom is 0.0743 e. The molecule has 0 unspecified atom stereocenters. The summed E-state index contributed by atoms with van der Waals surface area (Å²) < 4.78 is 0. The molecule has 0 bridgehead atoms. The van der Waals surface area contributed by atoms with Crippen LogP contribution in [0.5, 0.6) is 0 Å². The van der Waals surface area contributed by atoms with Crippen molar-refractivity contribution < 1.29 is 0 Å². The predicted octanol–water partition coefficient (Wildman–Crippen LogP) is 1.96. The van der Waals surface area contributed by atoms with Crippen LogP contribution in [0.15, 0.2) is 30.5 Å². The Hall–Kier alpha value is -1.81. The van der Waals surface area contributed by atoms with Crippen LogP contribution < -0.4 is 10.6 Å². The number of anilines is 2. The fraction of sp³-hybridized carbons (Fsp3) is 0.400. The van der Waals surface area contributed by atoms with Crippen LogP contribution in [0.2, 0.25) is 0 Å². The Morgan fingerprint density at radius 3 is 2.89 bits per heavy atom. The summed E-state index contributed by atoms with van der Waals surface area (Å²) in [4.78, 5) is 9.27. The lowest BCUT2D eigenvalue weighted by Crippen LogP contribution is -2.28. The number of hydrogen-bond donors (Lipinski definition) is 1. The van der Waals surface area contributed by atoms with E-state index in [0.29, 0.717) is 0 Å². The smallest absolute Gasteiger partial charge is 0.0743 e. The number of benzene rings is 1. The molecule has 2 heterocycles. The number of fused-ring (bicyclic) bond motifs is 1. The Morgan fingerprint density at radius 1 is 1.11 bits per heavy atom. The lowest BCUT2D eigenvalue weighted by molar-refractivity contribution is 0.360. The molecule has 19 heavy (non-hydrogen) atoms. The molecule has 0 spiro atoms. The highest BCUT2D eigenvalue weighted by Gasteiger charge is 2.14. The number of likely N-dealkylation sites (N-methyl/N-ethyl adjacent to an activating group) is 1. The fourth-order valence-electron chi connectivity index (χ4n) is 2.71. The summed E-state index contributed by atoms with van der Waals surface area (Å²) in [5.74, 6) is 0. The summed E-state index contributed by atoms with van der Waals surface area (Å²) in [6, 6.07) is 8.10. The monoisotopic (exact) mass is 256 g/mol. The SMILES string of the molecule is CN1CCCN(c2ccnc3cc(N)ccc23)CC1. The number of nitrogens with two attached hydrogens (primary N) is 1. The van der Waals surface area contributed by atoms with Gasteiger partial charge in [0.15, 0.2) is 0 Å². The van der Waals surface area contributed by atoms with E-state index in [2.05, 4.69) is 34.0 Å². The molecule has 0 aliphatic carbocycles. The van der Waals surface area contributed by atoms with Gasteiger partial charge in [0, 0.05) is 42.6 Å². The summed E-state index contributed by atoms with van der Waals surface area (Å²) in [5, 5.41) is 1.20. The van der Waals surface area contributed by atoms with Crippen molar-refractivity contribution in [3.05, 3.63) is 30.5 Å². The second kappa shape index (κ2) is 5.05. The Kier molecular flexibility index (Phi) is 3.25. The standard InChI is InChI=1S/C15H20N4/c1-18-7-2-8-19(10-9-18)15-5-6-17-14-11-12(16)3-4-13(14)15/h3-6,11H,2,7-10,16H2,1H3. The maximum absolute atomic E-state index is 5.84. The van der Waals surface area contributed by atoms with Crippen molar-refractivity contribution in [3.8, 4) is 0 Å². The van der Waals surface area contributed by atoms with Crippen molar-refractivity contribution in [2.45, 2.75) is 6.42 Å². The first kappa shape index (κ1) is 12.2. The zero-order valence-corrected chi connectivity index (χ0v) is 11.3. The van der Waals surface area contributed by atoms with Crippen LogP contribution in [0, 0.1) is 0 Å². The molecule has 2 N–H and O–H groups in total. The third-order valence-corrected chi connectivity index (χ3v) is 3.80. The molecule has 100 valence electrons. The van der Waals surface area contributed by atoms with Crippen molar-refractivity contribution >= 4 is 22.3 Å². The van der Waals surface area contributed by atoms with E-state index >= 15 is 0 Å². The summed E-state index contributed by atoms with van der Waals surface area (Å²) in [6.07, 6.45) is 3.08. The molecule has 0 atom stereocenters. The van der Waals surface area contributed by atoms with Gasteiger partial charge in [-0.15, -0.1) is 0 Å². The molecule has 1 aromatic heterocycles. The molecule has 1 saturated heterocycles. The van der Waals surface area contributed by atoms with Crippen LogP contribution in [0.25, 0.3) is 10.9 Å². The van der Waals surface area contributed by atoms with Gasteiger partial charge in [-0.2, -0.15) is 0 Å². The van der Waals surface area contributed by atoms with Crippen molar-refractivity contribution in [3.63, 3.8) is 0 Å². The number of pyridine rings is 1. The normalized spacial score (nSPS) is 17.6. The Labute approximate surface area is 113 Å². The van der Waals surface area contributed by atoms with E-state index in [1.54, 1.807) is 0 Å². The van der Waals surface area contributed by atoms with E-state index in [9.17, 15) is 0 Å². The van der Waals surface area contributed by atoms with Gasteiger partial charge in [-0.3, -0.25) is 4.98 Å². The molecular weight excluding hydrogens is 236 g/mol. The van der Waals surface area contributed by atoms with Gasteiger partial charge in [0.2, 0.25) is 0 Å². The molecule has 0 saturated carbocycles. The molecule has 1 aliphatic rings. The molecule has 0 amide bonds. The number of rotatable bonds is 1. The molecule has 1 aromatic carbocycles. The van der Waals surface area contributed by atoms with Crippen molar-refractivity contribution in [2.75, 3.05) is 43.9 Å². The number of nitrogens with zero attached hydrogens (tertiary/aromatic N) is 3. The maximum atomic E-state index is 5.84. The lowest BCUT2D eigenvalue weighted by atomic mass is 10.1. The Morgan fingerprint density at radius 2 is 2.00 bits per heavy atom. The summed E-state index contributed by atoms with van der Waals surface area (Å²) >= 11 is 0. The summed E-state index contributed by atoms with van der Waals surface area (Å²) in [5.41, 5.74) is 8.87. The van der Waals surface area contributed by atoms with Gasteiger partial charge < -0.3 is 15.5 Å². The molecule has 3 rings (SSSR count). The van der Waals surface area contributed by atoms with Crippen molar-refractivity contribution in [1.82, 2.24) is 9.88 Å². The summed E-state index contributed by atoms with van der Waals surface area (Å²) in [6.45, 7) is 4.46. The number of nitrogen functional groups attached to an aromatic ring is 1. The predicted molar refractivity (Wildman–Crippen MR) is 80.5 cm³/mol. The van der Waals surface area contributed by atoms with E-state index < -0.39 is 0 Å². The minimum absolute atomic E-state index is 0.771. The van der Waals surface area contributed by atoms with Gasteiger partial charge in [-0.25, -0.2) is 0 Å². The molecular formula is C15H20N4. The van der Waals surface area contributed by atoms with Crippen molar-refractivity contribution in [2.24, 2.45) is 0 Å². The Bertz CT molecular complexity index is 581. The van der Waals surface area contributed by atoms with Crippen LogP contribution in [0.4, 0.5) is 11.4 Å². The minimum atomic E-state index is 0.771. The Balaban J connectivity index is 2.00. The highest BCUT2D eigenvalue weighted by molar-refractivity contribution is 5.93. The van der Waals surface area contributed by atoms with Gasteiger partial charge in [0.25, 0.3) is 0 Å². The molecule has 1 fully saturated rings. The summed E-state index contributed by atoms with van der Waals surface area (Å²) in [7, 11) is 2.19. The molecule has 4 nitrogen and oxygen atoms in total. The first-order chi connectivity index (χ1) is 9.24. The lowest BCUT2D eigenvalue weighted by Gasteiger charge is -2.24. The number of hydrogen-bond acceptors (Lipinski definition) is 4.